The van der Waals surface area contributed by atoms with Crippen LogP contribution in [0.15, 0.2) is 36.5 Å². The first-order chi connectivity index (χ1) is 8.63. The summed E-state index contributed by atoms with van der Waals surface area (Å²) in [5.74, 6) is -0.587. The van der Waals surface area contributed by atoms with Gasteiger partial charge in [-0.1, -0.05) is 18.2 Å². The van der Waals surface area contributed by atoms with Crippen LogP contribution in [0, 0.1) is 10.1 Å². The third-order valence-electron chi connectivity index (χ3n) is 2.35. The van der Waals surface area contributed by atoms with Crippen LogP contribution in [-0.2, 0) is 0 Å². The molecule has 18 heavy (non-hydrogen) atoms. The molecule has 2 aromatic rings. The molecule has 2 rings (SSSR count). The molecule has 7 heteroatoms. The van der Waals surface area contributed by atoms with Crippen LogP contribution < -0.4 is 5.32 Å². The van der Waals surface area contributed by atoms with Crippen LogP contribution in [0.5, 0.6) is 0 Å². The highest BCUT2D eigenvalue weighted by atomic mass is 16.6. The highest BCUT2D eigenvalue weighted by molar-refractivity contribution is 5.95. The molecule has 0 aliphatic rings. The molecule has 0 aliphatic heterocycles. The molecule has 1 aromatic carbocycles. The lowest BCUT2D eigenvalue weighted by molar-refractivity contribution is -0.385. The van der Waals surface area contributed by atoms with Crippen molar-refractivity contribution in [2.24, 2.45) is 0 Å². The molecular formula is C11H10N4O3. The summed E-state index contributed by atoms with van der Waals surface area (Å²) >= 11 is 0. The number of benzene rings is 1. The Morgan fingerprint density at radius 1 is 1.39 bits per heavy atom. The minimum absolute atomic E-state index is 0.202. The van der Waals surface area contributed by atoms with Crippen LogP contribution in [0.1, 0.15) is 10.5 Å². The van der Waals surface area contributed by atoms with Crippen molar-refractivity contribution in [1.29, 1.82) is 0 Å². The average Bonchev–Trinajstić information content (AvgIpc) is 2.84. The van der Waals surface area contributed by atoms with Gasteiger partial charge in [0.25, 0.3) is 5.91 Å². The fraction of sp³-hybridized carbons (Fsp3) is 0.0909. The topological polar surface area (TPSA) is 90.1 Å². The van der Waals surface area contributed by atoms with E-state index in [4.69, 9.17) is 0 Å². The van der Waals surface area contributed by atoms with Crippen LogP contribution in [0.25, 0.3) is 5.69 Å². The predicted octanol–water partition coefficient (Wildman–Crippen LogP) is 1.14. The second-order valence-corrected chi connectivity index (χ2v) is 3.48. The zero-order valence-corrected chi connectivity index (χ0v) is 9.53. The third kappa shape index (κ3) is 2.05. The lowest BCUT2D eigenvalue weighted by Crippen LogP contribution is -2.19. The fourth-order valence-corrected chi connectivity index (χ4v) is 1.49. The molecule has 0 saturated carbocycles. The number of hydrogen-bond donors (Lipinski definition) is 1. The first-order valence-corrected chi connectivity index (χ1v) is 5.15. The van der Waals surface area contributed by atoms with Gasteiger partial charge < -0.3 is 5.32 Å². The largest absolute Gasteiger partial charge is 0.353 e. The highest BCUT2D eigenvalue weighted by Crippen LogP contribution is 2.19. The first-order valence-electron chi connectivity index (χ1n) is 5.15. The first kappa shape index (κ1) is 11.8. The van der Waals surface area contributed by atoms with E-state index in [1.54, 1.807) is 24.3 Å². The van der Waals surface area contributed by atoms with E-state index in [0.717, 1.165) is 0 Å². The summed E-state index contributed by atoms with van der Waals surface area (Å²) in [6.07, 6.45) is 1.22. The molecule has 0 radical (unpaired) electrons. The van der Waals surface area contributed by atoms with E-state index >= 15 is 0 Å². The van der Waals surface area contributed by atoms with Gasteiger partial charge in [0.05, 0.1) is 10.6 Å². The summed E-state index contributed by atoms with van der Waals surface area (Å²) in [5.41, 5.74) is 0.125. The Balaban J connectivity index is 2.53. The summed E-state index contributed by atoms with van der Waals surface area (Å²) < 4.78 is 1.31. The predicted molar refractivity (Wildman–Crippen MR) is 63.6 cm³/mol. The molecule has 1 heterocycles. The van der Waals surface area contributed by atoms with Crippen LogP contribution >= 0.6 is 0 Å². The van der Waals surface area contributed by atoms with Crippen molar-refractivity contribution < 1.29 is 9.72 Å². The number of hydrogen-bond acceptors (Lipinski definition) is 4. The summed E-state index contributed by atoms with van der Waals surface area (Å²) in [6, 6.07) is 8.86. The number of carbonyl (C=O) groups is 1. The molecule has 0 bridgehead atoms. The SMILES string of the molecule is CNC(=O)c1nn(-c2ccccc2)cc1[N+](=O)[O-]. The number of nitrogens with one attached hydrogen (secondary N) is 1. The number of amides is 1. The lowest BCUT2D eigenvalue weighted by atomic mass is 10.3. The maximum atomic E-state index is 11.5. The number of aromatic nitrogens is 2. The Labute approximate surface area is 102 Å². The van der Waals surface area contributed by atoms with Crippen LogP contribution in [0.2, 0.25) is 0 Å². The molecule has 1 aromatic heterocycles. The number of nitro groups is 1. The van der Waals surface area contributed by atoms with Crippen LogP contribution in [0.3, 0.4) is 0 Å². The third-order valence-corrected chi connectivity index (χ3v) is 2.35. The fourth-order valence-electron chi connectivity index (χ4n) is 1.49. The van der Waals surface area contributed by atoms with Crippen molar-refractivity contribution in [3.63, 3.8) is 0 Å². The van der Waals surface area contributed by atoms with Crippen molar-refractivity contribution in [2.75, 3.05) is 7.05 Å². The molecule has 0 fully saturated rings. The number of rotatable bonds is 3. The Morgan fingerprint density at radius 2 is 2.06 bits per heavy atom. The van der Waals surface area contributed by atoms with Gasteiger partial charge in [0, 0.05) is 7.05 Å². The summed E-state index contributed by atoms with van der Waals surface area (Å²) in [5, 5.41) is 17.1. The van der Waals surface area contributed by atoms with E-state index in [1.165, 1.54) is 17.9 Å². The normalized spacial score (nSPS) is 10.1. The van der Waals surface area contributed by atoms with E-state index in [1.807, 2.05) is 6.07 Å². The van der Waals surface area contributed by atoms with E-state index < -0.39 is 10.8 Å². The standard InChI is InChI=1S/C11H10N4O3/c1-12-11(16)10-9(15(17)18)7-14(13-10)8-5-3-2-4-6-8/h2-7H,1H3,(H,12,16). The Hall–Kier alpha value is -2.70. The Kier molecular flexibility index (Phi) is 3.05. The van der Waals surface area contributed by atoms with Gasteiger partial charge >= 0.3 is 5.69 Å². The Morgan fingerprint density at radius 3 is 2.61 bits per heavy atom. The van der Waals surface area contributed by atoms with Gasteiger partial charge in [-0.25, -0.2) is 4.68 Å². The number of nitrogens with zero attached hydrogens (tertiary/aromatic N) is 3. The lowest BCUT2D eigenvalue weighted by Gasteiger charge is -1.98. The van der Waals surface area contributed by atoms with Gasteiger partial charge in [-0.3, -0.25) is 14.9 Å². The molecule has 92 valence electrons. The zero-order chi connectivity index (χ0) is 13.1. The molecule has 1 N–H and O–H groups in total. The molecule has 0 saturated heterocycles. The van der Waals surface area contributed by atoms with Gasteiger partial charge in [-0.05, 0) is 12.1 Å². The molecular weight excluding hydrogens is 236 g/mol. The van der Waals surface area contributed by atoms with Gasteiger partial charge in [0.15, 0.2) is 0 Å². The zero-order valence-electron chi connectivity index (χ0n) is 9.53. The van der Waals surface area contributed by atoms with Gasteiger partial charge in [0.1, 0.15) is 6.20 Å². The van der Waals surface area contributed by atoms with Crippen LogP contribution in [-0.4, -0.2) is 27.7 Å². The second kappa shape index (κ2) is 4.66. The van der Waals surface area contributed by atoms with Gasteiger partial charge in [-0.15, -0.1) is 0 Å². The second-order valence-electron chi connectivity index (χ2n) is 3.48. The van der Waals surface area contributed by atoms with Crippen molar-refractivity contribution >= 4 is 11.6 Å². The molecule has 0 unspecified atom stereocenters. The van der Waals surface area contributed by atoms with Crippen molar-refractivity contribution in [2.45, 2.75) is 0 Å². The van der Waals surface area contributed by atoms with Crippen molar-refractivity contribution in [1.82, 2.24) is 15.1 Å². The maximum absolute atomic E-state index is 11.5. The average molecular weight is 246 g/mol. The van der Waals surface area contributed by atoms with E-state index in [2.05, 4.69) is 10.4 Å². The molecule has 0 spiro atoms. The van der Waals surface area contributed by atoms with E-state index in [9.17, 15) is 14.9 Å². The van der Waals surface area contributed by atoms with E-state index in [-0.39, 0.29) is 11.4 Å². The smallest absolute Gasteiger partial charge is 0.320 e. The van der Waals surface area contributed by atoms with Crippen LogP contribution in [0.4, 0.5) is 5.69 Å². The van der Waals surface area contributed by atoms with Crippen molar-refractivity contribution in [3.8, 4) is 5.69 Å². The summed E-state index contributed by atoms with van der Waals surface area (Å²) in [7, 11) is 1.40. The minimum Gasteiger partial charge on any atom is -0.353 e. The molecule has 0 atom stereocenters. The quantitative estimate of drug-likeness (QED) is 0.649. The van der Waals surface area contributed by atoms with Gasteiger partial charge in [0.2, 0.25) is 5.69 Å². The highest BCUT2D eigenvalue weighted by Gasteiger charge is 2.25. The summed E-state index contributed by atoms with van der Waals surface area (Å²) in [6.45, 7) is 0. The summed E-state index contributed by atoms with van der Waals surface area (Å²) in [4.78, 5) is 21.7. The van der Waals surface area contributed by atoms with Gasteiger partial charge in [-0.2, -0.15) is 5.10 Å². The van der Waals surface area contributed by atoms with E-state index in [0.29, 0.717) is 5.69 Å². The molecule has 0 aliphatic carbocycles. The van der Waals surface area contributed by atoms with Crippen molar-refractivity contribution in [3.05, 3.63) is 52.3 Å². The molecule has 7 nitrogen and oxygen atoms in total. The number of carbonyl (C=O) groups excluding carboxylic acids is 1. The number of para-hydroxylation sites is 1. The Bertz CT molecular complexity index is 592. The maximum Gasteiger partial charge on any atom is 0.320 e. The molecule has 1 amide bonds. The monoisotopic (exact) mass is 246 g/mol. The minimum atomic E-state index is -0.628.